The Balaban J connectivity index is 1.67. The van der Waals surface area contributed by atoms with Gasteiger partial charge in [0, 0.05) is 12.4 Å². The number of urea groups is 1. The molecule has 23 heavy (non-hydrogen) atoms. The molecule has 2 aromatic heterocycles. The van der Waals surface area contributed by atoms with Crippen LogP contribution in [0.5, 0.6) is 0 Å². The van der Waals surface area contributed by atoms with Gasteiger partial charge in [0.15, 0.2) is 0 Å². The van der Waals surface area contributed by atoms with Gasteiger partial charge in [-0.2, -0.15) is 0 Å². The fraction of sp³-hybridized carbons (Fsp3) is 0.0625. The summed E-state index contributed by atoms with van der Waals surface area (Å²) in [5.74, 6) is 0. The van der Waals surface area contributed by atoms with Gasteiger partial charge in [-0.05, 0) is 23.6 Å². The van der Waals surface area contributed by atoms with Gasteiger partial charge in [0.1, 0.15) is 5.69 Å². The predicted molar refractivity (Wildman–Crippen MR) is 92.7 cm³/mol. The average Bonchev–Trinajstić information content (AvgIpc) is 3.10. The molecule has 2 amide bonds. The zero-order chi connectivity index (χ0) is 16.1. The maximum atomic E-state index is 12.0. The number of hydrogen-bond donors (Lipinski definition) is 2. The minimum Gasteiger partial charge on any atom is -0.332 e. The smallest absolute Gasteiger partial charge is 0.319 e. The first kappa shape index (κ1) is 15.5. The van der Waals surface area contributed by atoms with E-state index in [-0.39, 0.29) is 12.6 Å². The molecule has 0 spiro atoms. The largest absolute Gasteiger partial charge is 0.332 e. The summed E-state index contributed by atoms with van der Waals surface area (Å²) in [6.45, 7) is 0.275. The highest BCUT2D eigenvalue weighted by Gasteiger charge is 2.10. The van der Waals surface area contributed by atoms with E-state index in [2.05, 4.69) is 20.6 Å². The van der Waals surface area contributed by atoms with Crippen LogP contribution in [0, 0.1) is 0 Å². The van der Waals surface area contributed by atoms with Crippen molar-refractivity contribution in [1.82, 2.24) is 15.3 Å². The molecule has 0 saturated heterocycles. The minimum absolute atomic E-state index is 0.275. The summed E-state index contributed by atoms with van der Waals surface area (Å²) in [5, 5.41) is 7.94. The lowest BCUT2D eigenvalue weighted by Crippen LogP contribution is -2.29. The van der Waals surface area contributed by atoms with Gasteiger partial charge in [-0.15, -0.1) is 11.3 Å². The van der Waals surface area contributed by atoms with E-state index in [9.17, 15) is 4.79 Å². The lowest BCUT2D eigenvalue weighted by atomic mass is 10.2. The first-order chi connectivity index (χ1) is 11.2. The molecule has 5 nitrogen and oxygen atoms in total. The molecule has 0 aliphatic heterocycles. The maximum Gasteiger partial charge on any atom is 0.319 e. The molecule has 2 heterocycles. The van der Waals surface area contributed by atoms with Crippen molar-refractivity contribution in [1.29, 1.82) is 0 Å². The highest BCUT2D eigenvalue weighted by molar-refractivity contribution is 7.13. The fourth-order valence-electron chi connectivity index (χ4n) is 2.01. The molecule has 0 aliphatic carbocycles. The van der Waals surface area contributed by atoms with Crippen LogP contribution in [0.1, 0.15) is 5.69 Å². The lowest BCUT2D eigenvalue weighted by Gasteiger charge is -2.10. The average molecular weight is 345 g/mol. The lowest BCUT2D eigenvalue weighted by molar-refractivity contribution is 0.251. The van der Waals surface area contributed by atoms with Crippen LogP contribution < -0.4 is 10.6 Å². The van der Waals surface area contributed by atoms with Crippen LogP contribution in [0.15, 0.2) is 54.2 Å². The summed E-state index contributed by atoms with van der Waals surface area (Å²) in [6.07, 6.45) is 3.25. The zero-order valence-electron chi connectivity index (χ0n) is 12.0. The van der Waals surface area contributed by atoms with Gasteiger partial charge >= 0.3 is 6.03 Å². The number of thiophene rings is 1. The van der Waals surface area contributed by atoms with Crippen LogP contribution in [0.25, 0.3) is 10.6 Å². The van der Waals surface area contributed by atoms with E-state index in [0.717, 1.165) is 10.6 Å². The molecular formula is C16H13ClN4OS. The molecule has 0 fully saturated rings. The molecular weight excluding hydrogens is 332 g/mol. The van der Waals surface area contributed by atoms with Crippen molar-refractivity contribution in [2.45, 2.75) is 6.54 Å². The van der Waals surface area contributed by atoms with Crippen LogP contribution in [-0.4, -0.2) is 16.0 Å². The molecule has 0 bridgehead atoms. The molecule has 1 aromatic carbocycles. The summed E-state index contributed by atoms with van der Waals surface area (Å²) in [5.41, 5.74) is 2.05. The number of anilines is 1. The summed E-state index contributed by atoms with van der Waals surface area (Å²) < 4.78 is 0. The number of hydrogen-bond acceptors (Lipinski definition) is 4. The van der Waals surface area contributed by atoms with Crippen molar-refractivity contribution in [2.75, 3.05) is 5.32 Å². The number of para-hydroxylation sites is 1. The van der Waals surface area contributed by atoms with Gasteiger partial charge in [-0.1, -0.05) is 29.8 Å². The van der Waals surface area contributed by atoms with Crippen molar-refractivity contribution in [3.05, 3.63) is 64.9 Å². The second-order valence-electron chi connectivity index (χ2n) is 4.62. The van der Waals surface area contributed by atoms with Gasteiger partial charge in [-0.3, -0.25) is 9.97 Å². The normalized spacial score (nSPS) is 10.3. The Kier molecular flexibility index (Phi) is 4.85. The maximum absolute atomic E-state index is 12.0. The van der Waals surface area contributed by atoms with E-state index in [0.29, 0.717) is 16.4 Å². The van der Waals surface area contributed by atoms with Crippen molar-refractivity contribution < 1.29 is 4.79 Å². The molecule has 0 unspecified atom stereocenters. The highest BCUT2D eigenvalue weighted by Crippen LogP contribution is 2.24. The van der Waals surface area contributed by atoms with Crippen LogP contribution in [0.4, 0.5) is 10.5 Å². The summed E-state index contributed by atoms with van der Waals surface area (Å²) in [7, 11) is 0. The van der Waals surface area contributed by atoms with Crippen molar-refractivity contribution in [3.8, 4) is 10.6 Å². The molecule has 2 N–H and O–H groups in total. The number of amides is 2. The van der Waals surface area contributed by atoms with Gasteiger partial charge in [0.2, 0.25) is 0 Å². The molecule has 3 rings (SSSR count). The second kappa shape index (κ2) is 7.21. The number of halogens is 1. The van der Waals surface area contributed by atoms with E-state index in [1.807, 2.05) is 17.5 Å². The molecule has 116 valence electrons. The van der Waals surface area contributed by atoms with E-state index in [4.69, 9.17) is 11.6 Å². The van der Waals surface area contributed by atoms with Crippen LogP contribution in [0.3, 0.4) is 0 Å². The highest BCUT2D eigenvalue weighted by atomic mass is 35.5. The minimum atomic E-state index is -0.346. The van der Waals surface area contributed by atoms with Gasteiger partial charge in [0.05, 0.1) is 27.8 Å². The summed E-state index contributed by atoms with van der Waals surface area (Å²) >= 11 is 7.60. The number of nitrogens with one attached hydrogen (secondary N) is 2. The third-order valence-corrected chi connectivity index (χ3v) is 4.27. The Morgan fingerprint density at radius 1 is 1.13 bits per heavy atom. The van der Waals surface area contributed by atoms with Gasteiger partial charge in [0.25, 0.3) is 0 Å². The Bertz CT molecular complexity index is 807. The molecule has 3 aromatic rings. The van der Waals surface area contributed by atoms with Crippen molar-refractivity contribution in [3.63, 3.8) is 0 Å². The summed E-state index contributed by atoms with van der Waals surface area (Å²) in [6, 6.07) is 10.6. The third-order valence-electron chi connectivity index (χ3n) is 3.07. The summed E-state index contributed by atoms with van der Waals surface area (Å²) in [4.78, 5) is 21.7. The first-order valence-corrected chi connectivity index (χ1v) is 8.13. The number of carbonyl (C=O) groups is 1. The molecule has 0 saturated carbocycles. The SMILES string of the molecule is O=C(NCc1nccnc1-c1cccs1)Nc1ccccc1Cl. The topological polar surface area (TPSA) is 66.9 Å². The number of aromatic nitrogens is 2. The van der Waals surface area contributed by atoms with Crippen molar-refractivity contribution >= 4 is 34.7 Å². The quantitative estimate of drug-likeness (QED) is 0.746. The van der Waals surface area contributed by atoms with Gasteiger partial charge < -0.3 is 10.6 Å². The van der Waals surface area contributed by atoms with Crippen molar-refractivity contribution in [2.24, 2.45) is 0 Å². The van der Waals surface area contributed by atoms with Crippen LogP contribution >= 0.6 is 22.9 Å². The third kappa shape index (κ3) is 3.85. The van der Waals surface area contributed by atoms with E-state index >= 15 is 0 Å². The molecule has 0 atom stereocenters. The van der Waals surface area contributed by atoms with E-state index in [1.165, 1.54) is 0 Å². The Labute approximate surface area is 142 Å². The Morgan fingerprint density at radius 3 is 2.74 bits per heavy atom. The fourth-order valence-corrected chi connectivity index (χ4v) is 2.93. The molecule has 7 heteroatoms. The first-order valence-electron chi connectivity index (χ1n) is 6.87. The predicted octanol–water partition coefficient (Wildman–Crippen LogP) is 4.18. The Hall–Kier alpha value is -2.44. The monoisotopic (exact) mass is 344 g/mol. The zero-order valence-corrected chi connectivity index (χ0v) is 13.6. The number of carbonyl (C=O) groups excluding carboxylic acids is 1. The van der Waals surface area contributed by atoms with Crippen LogP contribution in [0.2, 0.25) is 5.02 Å². The second-order valence-corrected chi connectivity index (χ2v) is 5.97. The number of rotatable bonds is 4. The van der Waals surface area contributed by atoms with Crippen LogP contribution in [-0.2, 0) is 6.54 Å². The van der Waals surface area contributed by atoms with E-state index < -0.39 is 0 Å². The van der Waals surface area contributed by atoms with Gasteiger partial charge in [-0.25, -0.2) is 4.79 Å². The molecule has 0 radical (unpaired) electrons. The van der Waals surface area contributed by atoms with E-state index in [1.54, 1.807) is 48.0 Å². The number of nitrogens with zero attached hydrogens (tertiary/aromatic N) is 2. The molecule has 0 aliphatic rings. The number of benzene rings is 1. The Morgan fingerprint density at radius 2 is 1.96 bits per heavy atom. The standard InChI is InChI=1S/C16H13ClN4OS/c17-11-4-1-2-5-12(11)21-16(22)20-10-13-15(19-8-7-18-13)14-6-3-9-23-14/h1-9H,10H2,(H2,20,21,22).